The third kappa shape index (κ3) is 4.23. The van der Waals surface area contributed by atoms with E-state index in [1.165, 1.54) is 18.1 Å². The van der Waals surface area contributed by atoms with E-state index in [-0.39, 0.29) is 12.5 Å². The molecule has 0 radical (unpaired) electrons. The highest BCUT2D eigenvalue weighted by Crippen LogP contribution is 2.32. The molecule has 1 amide bonds. The SMILES string of the molecule is COC[C@@H](c1cccc(C(F)(F)F)c1)N(C)C(=O)[C@@H]1CCCO1. The van der Waals surface area contributed by atoms with Gasteiger partial charge in [-0.3, -0.25) is 4.79 Å². The lowest BCUT2D eigenvalue weighted by Gasteiger charge is -2.30. The maximum absolute atomic E-state index is 12.9. The summed E-state index contributed by atoms with van der Waals surface area (Å²) in [6.07, 6.45) is -3.51. The van der Waals surface area contributed by atoms with E-state index in [2.05, 4.69) is 0 Å². The Hall–Kier alpha value is -1.60. The molecule has 0 aromatic heterocycles. The Morgan fingerprint density at radius 3 is 2.78 bits per heavy atom. The third-order valence-electron chi connectivity index (χ3n) is 3.94. The zero-order valence-corrected chi connectivity index (χ0v) is 13.1. The lowest BCUT2D eigenvalue weighted by Crippen LogP contribution is -2.40. The monoisotopic (exact) mass is 331 g/mol. The van der Waals surface area contributed by atoms with E-state index < -0.39 is 23.9 Å². The molecule has 0 unspecified atom stereocenters. The van der Waals surface area contributed by atoms with E-state index in [0.717, 1.165) is 18.6 Å². The number of carbonyl (C=O) groups excluding carboxylic acids is 1. The summed E-state index contributed by atoms with van der Waals surface area (Å²) in [7, 11) is 3.01. The van der Waals surface area contributed by atoms with Gasteiger partial charge in [-0.05, 0) is 30.5 Å². The first-order chi connectivity index (χ1) is 10.8. The van der Waals surface area contributed by atoms with Crippen LogP contribution in [0.25, 0.3) is 0 Å². The smallest absolute Gasteiger partial charge is 0.382 e. The molecule has 2 rings (SSSR count). The predicted molar refractivity (Wildman–Crippen MR) is 77.8 cm³/mol. The van der Waals surface area contributed by atoms with E-state index in [4.69, 9.17) is 9.47 Å². The first-order valence-corrected chi connectivity index (χ1v) is 7.39. The molecular weight excluding hydrogens is 311 g/mol. The summed E-state index contributed by atoms with van der Waals surface area (Å²) in [5.41, 5.74) is -0.357. The number of hydrogen-bond donors (Lipinski definition) is 0. The Bertz CT molecular complexity index is 542. The Labute approximate surface area is 133 Å². The average molecular weight is 331 g/mol. The molecule has 1 aromatic carbocycles. The molecule has 1 heterocycles. The van der Waals surface area contributed by atoms with Crippen molar-refractivity contribution in [1.29, 1.82) is 0 Å². The summed E-state index contributed by atoms with van der Waals surface area (Å²) in [5, 5.41) is 0. The van der Waals surface area contributed by atoms with Gasteiger partial charge in [-0.25, -0.2) is 0 Å². The van der Waals surface area contributed by atoms with Gasteiger partial charge in [-0.1, -0.05) is 12.1 Å². The second-order valence-corrected chi connectivity index (χ2v) is 5.55. The fraction of sp³-hybridized carbons (Fsp3) is 0.562. The Morgan fingerprint density at radius 2 is 2.22 bits per heavy atom. The predicted octanol–water partition coefficient (Wildman–Crippen LogP) is 3.03. The van der Waals surface area contributed by atoms with Crippen molar-refractivity contribution in [2.75, 3.05) is 27.4 Å². The van der Waals surface area contributed by atoms with Gasteiger partial charge in [0.15, 0.2) is 0 Å². The number of hydrogen-bond acceptors (Lipinski definition) is 3. The molecule has 128 valence electrons. The summed E-state index contributed by atoms with van der Waals surface area (Å²) in [6, 6.07) is 4.38. The van der Waals surface area contributed by atoms with Crippen molar-refractivity contribution in [3.05, 3.63) is 35.4 Å². The highest BCUT2D eigenvalue weighted by atomic mass is 19.4. The minimum atomic E-state index is -4.43. The number of likely N-dealkylation sites (N-methyl/N-ethyl adjacent to an activating group) is 1. The fourth-order valence-corrected chi connectivity index (χ4v) is 2.66. The number of rotatable bonds is 5. The van der Waals surface area contributed by atoms with Gasteiger partial charge in [0, 0.05) is 20.8 Å². The largest absolute Gasteiger partial charge is 0.416 e. The number of alkyl halides is 3. The number of halogens is 3. The van der Waals surface area contributed by atoms with Crippen molar-refractivity contribution in [3.63, 3.8) is 0 Å². The molecule has 4 nitrogen and oxygen atoms in total. The van der Waals surface area contributed by atoms with Gasteiger partial charge in [-0.2, -0.15) is 13.2 Å². The highest BCUT2D eigenvalue weighted by molar-refractivity contribution is 5.81. The van der Waals surface area contributed by atoms with Crippen LogP contribution in [0.1, 0.15) is 30.0 Å². The number of amides is 1. The van der Waals surface area contributed by atoms with Gasteiger partial charge in [-0.15, -0.1) is 0 Å². The normalized spacial score (nSPS) is 19.6. The minimum absolute atomic E-state index is 0.107. The number of ether oxygens (including phenoxy) is 2. The van der Waals surface area contributed by atoms with Crippen LogP contribution in [0.15, 0.2) is 24.3 Å². The van der Waals surface area contributed by atoms with Crippen molar-refractivity contribution in [3.8, 4) is 0 Å². The van der Waals surface area contributed by atoms with Gasteiger partial charge < -0.3 is 14.4 Å². The molecular formula is C16H20F3NO3. The molecule has 0 N–H and O–H groups in total. The van der Waals surface area contributed by atoms with E-state index in [1.807, 2.05) is 0 Å². The summed E-state index contributed by atoms with van der Waals surface area (Å²) in [6.45, 7) is 0.638. The van der Waals surface area contributed by atoms with Crippen LogP contribution in [0, 0.1) is 0 Å². The van der Waals surface area contributed by atoms with E-state index in [9.17, 15) is 18.0 Å². The van der Waals surface area contributed by atoms with Crippen LogP contribution in [0.5, 0.6) is 0 Å². The van der Waals surface area contributed by atoms with Crippen LogP contribution in [-0.2, 0) is 20.4 Å². The average Bonchev–Trinajstić information content (AvgIpc) is 3.05. The van der Waals surface area contributed by atoms with E-state index >= 15 is 0 Å². The Morgan fingerprint density at radius 1 is 1.48 bits per heavy atom. The highest BCUT2D eigenvalue weighted by Gasteiger charge is 2.33. The van der Waals surface area contributed by atoms with Crippen LogP contribution in [0.3, 0.4) is 0 Å². The van der Waals surface area contributed by atoms with Crippen LogP contribution in [-0.4, -0.2) is 44.3 Å². The molecule has 0 spiro atoms. The van der Waals surface area contributed by atoms with Gasteiger partial charge in [0.25, 0.3) is 5.91 Å². The second kappa shape index (κ2) is 7.31. The lowest BCUT2D eigenvalue weighted by atomic mass is 10.0. The van der Waals surface area contributed by atoms with E-state index in [0.29, 0.717) is 18.6 Å². The Kier molecular flexibility index (Phi) is 5.64. The summed E-state index contributed by atoms with van der Waals surface area (Å²) in [5.74, 6) is -0.234. The lowest BCUT2D eigenvalue weighted by molar-refractivity contribution is -0.143. The molecule has 1 saturated heterocycles. The van der Waals surface area contributed by atoms with Crippen molar-refractivity contribution < 1.29 is 27.4 Å². The molecule has 0 aliphatic carbocycles. The molecule has 2 atom stereocenters. The molecule has 0 saturated carbocycles. The van der Waals surface area contributed by atoms with E-state index in [1.54, 1.807) is 13.1 Å². The quantitative estimate of drug-likeness (QED) is 0.832. The van der Waals surface area contributed by atoms with Gasteiger partial charge in [0.05, 0.1) is 18.2 Å². The summed E-state index contributed by atoms with van der Waals surface area (Å²) >= 11 is 0. The van der Waals surface area contributed by atoms with Crippen LogP contribution in [0.4, 0.5) is 13.2 Å². The fourth-order valence-electron chi connectivity index (χ4n) is 2.66. The first kappa shape index (κ1) is 17.7. The molecule has 1 aromatic rings. The number of benzene rings is 1. The second-order valence-electron chi connectivity index (χ2n) is 5.55. The topological polar surface area (TPSA) is 38.8 Å². The van der Waals surface area contributed by atoms with Crippen LogP contribution >= 0.6 is 0 Å². The number of nitrogens with zero attached hydrogens (tertiary/aromatic N) is 1. The van der Waals surface area contributed by atoms with Gasteiger partial charge in [0.1, 0.15) is 6.10 Å². The number of carbonyl (C=O) groups is 1. The summed E-state index contributed by atoms with van der Waals surface area (Å²) in [4.78, 5) is 13.9. The Balaban J connectivity index is 2.25. The van der Waals surface area contributed by atoms with Crippen LogP contribution in [0.2, 0.25) is 0 Å². The molecule has 1 aliphatic heterocycles. The molecule has 1 fully saturated rings. The summed E-state index contributed by atoms with van der Waals surface area (Å²) < 4.78 is 49.1. The van der Waals surface area contributed by atoms with Crippen molar-refractivity contribution >= 4 is 5.91 Å². The molecule has 1 aliphatic rings. The van der Waals surface area contributed by atoms with Crippen molar-refractivity contribution in [2.45, 2.75) is 31.2 Å². The minimum Gasteiger partial charge on any atom is -0.382 e. The van der Waals surface area contributed by atoms with Crippen molar-refractivity contribution in [1.82, 2.24) is 4.90 Å². The maximum Gasteiger partial charge on any atom is 0.416 e. The van der Waals surface area contributed by atoms with Gasteiger partial charge >= 0.3 is 6.18 Å². The van der Waals surface area contributed by atoms with Crippen LogP contribution < -0.4 is 0 Å². The molecule has 23 heavy (non-hydrogen) atoms. The standard InChI is InChI=1S/C16H20F3NO3/c1-20(15(21)14-7-4-8-23-14)13(10-22-2)11-5-3-6-12(9-11)16(17,18)19/h3,5-6,9,13-14H,4,7-8,10H2,1-2H3/t13-,14-/m0/s1. The first-order valence-electron chi connectivity index (χ1n) is 7.39. The molecule has 7 heteroatoms. The van der Waals surface area contributed by atoms with Gasteiger partial charge in [0.2, 0.25) is 0 Å². The maximum atomic E-state index is 12.9. The third-order valence-corrected chi connectivity index (χ3v) is 3.94. The zero-order chi connectivity index (χ0) is 17.0. The van der Waals surface area contributed by atoms with Crippen molar-refractivity contribution in [2.24, 2.45) is 0 Å². The molecule has 0 bridgehead atoms. The zero-order valence-electron chi connectivity index (χ0n) is 13.1. The number of methoxy groups -OCH3 is 1.